The van der Waals surface area contributed by atoms with Crippen LogP contribution in [0.15, 0.2) is 30.3 Å². The number of tetrazole rings is 1. The summed E-state index contributed by atoms with van der Waals surface area (Å²) in [5.41, 5.74) is 2.47. The second-order valence-corrected chi connectivity index (χ2v) is 5.95. The van der Waals surface area contributed by atoms with Crippen LogP contribution in [0, 0.1) is 6.92 Å². The molecule has 3 rings (SSSR count). The fraction of sp³-hybridized carbons (Fsp3) is 0.267. The Balaban J connectivity index is 2.06. The summed E-state index contributed by atoms with van der Waals surface area (Å²) in [4.78, 5) is 8.54. The summed E-state index contributed by atoms with van der Waals surface area (Å²) in [6, 6.07) is 9.84. The highest BCUT2D eigenvalue weighted by Gasteiger charge is 2.28. The minimum Gasteiger partial charge on any atom is -0.233 e. The number of hydrogen-bond donors (Lipinski definition) is 1. The second kappa shape index (κ2) is 5.46. The van der Waals surface area contributed by atoms with Gasteiger partial charge in [-0.3, -0.25) is 0 Å². The lowest BCUT2D eigenvalue weighted by Crippen LogP contribution is -2.21. The number of benzene rings is 1. The molecule has 2 heterocycles. The van der Waals surface area contributed by atoms with Gasteiger partial charge in [-0.05, 0) is 32.4 Å². The molecule has 0 aliphatic carbocycles. The number of nitrogens with one attached hydrogen (secondary N) is 1. The number of aryl methyl sites for hydroxylation is 1. The zero-order valence-electron chi connectivity index (χ0n) is 12.5. The van der Waals surface area contributed by atoms with Gasteiger partial charge in [0.25, 0.3) is 0 Å². The standard InChI is InChI=1S/C15H15ClN6/c1-9-17-12(8-13(16)18-9)10-5-4-6-11(7-10)15(2,3)14-19-21-22-20-14/h4-8H,1-3H3,(H,19,20,21,22). The second-order valence-electron chi connectivity index (χ2n) is 5.56. The van der Waals surface area contributed by atoms with E-state index >= 15 is 0 Å². The molecule has 7 heteroatoms. The van der Waals surface area contributed by atoms with Crippen LogP contribution in [-0.4, -0.2) is 30.6 Å². The number of rotatable bonds is 3. The van der Waals surface area contributed by atoms with Crippen LogP contribution in [-0.2, 0) is 5.41 Å². The number of halogens is 1. The van der Waals surface area contributed by atoms with Gasteiger partial charge in [-0.1, -0.05) is 35.0 Å². The van der Waals surface area contributed by atoms with Gasteiger partial charge in [0.1, 0.15) is 11.0 Å². The summed E-state index contributed by atoms with van der Waals surface area (Å²) in [7, 11) is 0. The molecular formula is C15H15ClN6. The average Bonchev–Trinajstić information content (AvgIpc) is 3.01. The van der Waals surface area contributed by atoms with Gasteiger partial charge < -0.3 is 0 Å². The number of aromatic nitrogens is 6. The molecule has 0 aliphatic rings. The molecule has 0 fully saturated rings. The van der Waals surface area contributed by atoms with Gasteiger partial charge >= 0.3 is 0 Å². The Morgan fingerprint density at radius 2 is 1.95 bits per heavy atom. The molecule has 0 atom stereocenters. The molecule has 0 aliphatic heterocycles. The molecule has 0 radical (unpaired) electrons. The predicted molar refractivity (Wildman–Crippen MR) is 83.5 cm³/mol. The van der Waals surface area contributed by atoms with Crippen molar-refractivity contribution in [2.45, 2.75) is 26.2 Å². The summed E-state index contributed by atoms with van der Waals surface area (Å²) in [5.74, 6) is 1.28. The van der Waals surface area contributed by atoms with Gasteiger partial charge in [0.2, 0.25) is 0 Å². The number of aromatic amines is 1. The van der Waals surface area contributed by atoms with Crippen molar-refractivity contribution in [1.29, 1.82) is 0 Å². The number of H-pyrrole nitrogens is 1. The Hall–Kier alpha value is -2.34. The minimum absolute atomic E-state index is 0.366. The summed E-state index contributed by atoms with van der Waals surface area (Å²) in [5, 5.41) is 14.8. The molecule has 1 aromatic carbocycles. The van der Waals surface area contributed by atoms with Crippen LogP contribution < -0.4 is 0 Å². The van der Waals surface area contributed by atoms with Crippen molar-refractivity contribution in [3.05, 3.63) is 52.7 Å². The van der Waals surface area contributed by atoms with Crippen LogP contribution >= 0.6 is 11.6 Å². The van der Waals surface area contributed by atoms with E-state index in [-0.39, 0.29) is 5.41 Å². The molecular weight excluding hydrogens is 300 g/mol. The molecule has 2 aromatic heterocycles. The maximum absolute atomic E-state index is 6.03. The fourth-order valence-electron chi connectivity index (χ4n) is 2.30. The Bertz CT molecular complexity index is 777. The lowest BCUT2D eigenvalue weighted by Gasteiger charge is -2.21. The highest BCUT2D eigenvalue weighted by molar-refractivity contribution is 6.29. The van der Waals surface area contributed by atoms with Crippen LogP contribution in [0.1, 0.15) is 31.1 Å². The normalized spacial score (nSPS) is 11.6. The number of hydrogen-bond acceptors (Lipinski definition) is 5. The van der Waals surface area contributed by atoms with Crippen molar-refractivity contribution < 1.29 is 0 Å². The van der Waals surface area contributed by atoms with E-state index in [9.17, 15) is 0 Å². The van der Waals surface area contributed by atoms with E-state index in [1.165, 1.54) is 0 Å². The molecule has 0 unspecified atom stereocenters. The Labute approximate surface area is 133 Å². The monoisotopic (exact) mass is 314 g/mol. The highest BCUT2D eigenvalue weighted by atomic mass is 35.5. The van der Waals surface area contributed by atoms with Crippen LogP contribution in [0.2, 0.25) is 5.15 Å². The molecule has 0 amide bonds. The summed E-state index contributed by atoms with van der Waals surface area (Å²) < 4.78 is 0. The van der Waals surface area contributed by atoms with Crippen LogP contribution in [0.25, 0.3) is 11.3 Å². The maximum Gasteiger partial charge on any atom is 0.184 e. The fourth-order valence-corrected chi connectivity index (χ4v) is 2.53. The molecule has 0 spiro atoms. The SMILES string of the molecule is Cc1nc(Cl)cc(-c2cccc(C(C)(C)c3nn[nH]n3)c2)n1. The van der Waals surface area contributed by atoms with Crippen molar-refractivity contribution in [1.82, 2.24) is 30.6 Å². The van der Waals surface area contributed by atoms with Gasteiger partial charge in [0.05, 0.1) is 11.1 Å². The number of nitrogens with zero attached hydrogens (tertiary/aromatic N) is 5. The van der Waals surface area contributed by atoms with E-state index in [0.29, 0.717) is 16.8 Å². The highest BCUT2D eigenvalue weighted by Crippen LogP contribution is 2.31. The quantitative estimate of drug-likeness (QED) is 0.752. The molecule has 1 N–H and O–H groups in total. The third-order valence-electron chi connectivity index (χ3n) is 3.59. The van der Waals surface area contributed by atoms with Crippen molar-refractivity contribution in [2.24, 2.45) is 0 Å². The van der Waals surface area contributed by atoms with Gasteiger partial charge in [-0.25, -0.2) is 9.97 Å². The van der Waals surface area contributed by atoms with E-state index in [0.717, 1.165) is 16.8 Å². The van der Waals surface area contributed by atoms with Crippen LogP contribution in [0.3, 0.4) is 0 Å². The molecule has 0 saturated heterocycles. The van der Waals surface area contributed by atoms with Gasteiger partial charge in [-0.15, -0.1) is 10.2 Å². The first-order valence-corrected chi connectivity index (χ1v) is 7.20. The maximum atomic E-state index is 6.03. The van der Waals surface area contributed by atoms with Gasteiger partial charge in [0.15, 0.2) is 5.82 Å². The van der Waals surface area contributed by atoms with E-state index < -0.39 is 0 Å². The molecule has 3 aromatic rings. The topological polar surface area (TPSA) is 80.2 Å². The first-order valence-electron chi connectivity index (χ1n) is 6.83. The lowest BCUT2D eigenvalue weighted by molar-refractivity contribution is 0.591. The third kappa shape index (κ3) is 2.69. The largest absolute Gasteiger partial charge is 0.233 e. The zero-order chi connectivity index (χ0) is 15.7. The molecule has 112 valence electrons. The van der Waals surface area contributed by atoms with Crippen LogP contribution in [0.5, 0.6) is 0 Å². The summed E-state index contributed by atoms with van der Waals surface area (Å²) in [6.07, 6.45) is 0. The lowest BCUT2D eigenvalue weighted by atomic mass is 9.83. The first kappa shape index (κ1) is 14.6. The average molecular weight is 315 g/mol. The predicted octanol–water partition coefficient (Wildman–Crippen LogP) is 2.94. The smallest absolute Gasteiger partial charge is 0.184 e. The van der Waals surface area contributed by atoms with Crippen LogP contribution in [0.4, 0.5) is 0 Å². The zero-order valence-corrected chi connectivity index (χ0v) is 13.3. The Morgan fingerprint density at radius 3 is 2.64 bits per heavy atom. The Morgan fingerprint density at radius 1 is 1.14 bits per heavy atom. The van der Waals surface area contributed by atoms with E-state index in [1.54, 1.807) is 6.07 Å². The molecule has 0 saturated carbocycles. The molecule has 0 bridgehead atoms. The Kier molecular flexibility index (Phi) is 3.62. The van der Waals surface area contributed by atoms with Crippen molar-refractivity contribution >= 4 is 11.6 Å². The van der Waals surface area contributed by atoms with E-state index in [4.69, 9.17) is 11.6 Å². The molecule has 6 nitrogen and oxygen atoms in total. The van der Waals surface area contributed by atoms with Crippen molar-refractivity contribution in [3.63, 3.8) is 0 Å². The van der Waals surface area contributed by atoms with Gasteiger partial charge in [-0.2, -0.15) is 5.21 Å². The summed E-state index contributed by atoms with van der Waals surface area (Å²) in [6.45, 7) is 5.92. The summed E-state index contributed by atoms with van der Waals surface area (Å²) >= 11 is 6.03. The van der Waals surface area contributed by atoms with Gasteiger partial charge in [0, 0.05) is 11.6 Å². The van der Waals surface area contributed by atoms with Crippen molar-refractivity contribution in [3.8, 4) is 11.3 Å². The first-order chi connectivity index (χ1) is 10.5. The van der Waals surface area contributed by atoms with Crippen molar-refractivity contribution in [2.75, 3.05) is 0 Å². The third-order valence-corrected chi connectivity index (χ3v) is 3.78. The van der Waals surface area contributed by atoms with E-state index in [2.05, 4.69) is 50.5 Å². The van der Waals surface area contributed by atoms with E-state index in [1.807, 2.05) is 25.1 Å². The molecule has 22 heavy (non-hydrogen) atoms. The minimum atomic E-state index is -0.366.